The largest absolute Gasteiger partial charge is 0.472 e. The van der Waals surface area contributed by atoms with Gasteiger partial charge in [0.2, 0.25) is 0 Å². The Hall–Kier alpha value is -1.07. The molecule has 0 spiro atoms. The van der Waals surface area contributed by atoms with Crippen LogP contribution in [0.2, 0.25) is 0 Å². The molecule has 2 heterocycles. The minimum Gasteiger partial charge on any atom is -0.472 e. The molecule has 0 radical (unpaired) electrons. The molecule has 0 aromatic carbocycles. The molecule has 1 unspecified atom stereocenters. The van der Waals surface area contributed by atoms with Gasteiger partial charge in [0.05, 0.1) is 28.4 Å². The van der Waals surface area contributed by atoms with Crippen LogP contribution in [-0.4, -0.2) is 16.3 Å². The number of nitrogens with one attached hydrogen (secondary N) is 1. The highest BCUT2D eigenvalue weighted by Crippen LogP contribution is 2.27. The van der Waals surface area contributed by atoms with Gasteiger partial charge in [-0.25, -0.2) is 0 Å². The molecule has 0 aliphatic carbocycles. The molecule has 5 heteroatoms. The summed E-state index contributed by atoms with van der Waals surface area (Å²) < 4.78 is 8.29. The lowest BCUT2D eigenvalue weighted by Gasteiger charge is -2.16. The van der Waals surface area contributed by atoms with Crippen LogP contribution >= 0.6 is 15.9 Å². The summed E-state index contributed by atoms with van der Waals surface area (Å²) in [6.07, 6.45) is 5.34. The first kappa shape index (κ1) is 14.3. The van der Waals surface area contributed by atoms with Crippen molar-refractivity contribution >= 4 is 15.9 Å². The standard InChI is InChI=1S/C14H20BrN3O/c1-4-11-14(15)13(18(3)17-11)8-12(16-5-2)10-6-7-19-9-10/h6-7,9,12,16H,4-5,8H2,1-3H3. The zero-order valence-corrected chi connectivity index (χ0v) is 13.2. The molecule has 2 aromatic rings. The van der Waals surface area contributed by atoms with Gasteiger partial charge in [0, 0.05) is 25.1 Å². The molecule has 0 aliphatic rings. The van der Waals surface area contributed by atoms with Gasteiger partial charge in [-0.05, 0) is 35.0 Å². The van der Waals surface area contributed by atoms with E-state index in [1.807, 2.05) is 17.8 Å². The van der Waals surface area contributed by atoms with E-state index in [0.29, 0.717) is 0 Å². The van der Waals surface area contributed by atoms with Gasteiger partial charge < -0.3 is 9.73 Å². The zero-order valence-electron chi connectivity index (χ0n) is 11.6. The number of rotatable bonds is 6. The number of likely N-dealkylation sites (N-methyl/N-ethyl adjacent to an activating group) is 1. The van der Waals surface area contributed by atoms with Crippen molar-refractivity contribution in [2.24, 2.45) is 7.05 Å². The smallest absolute Gasteiger partial charge is 0.0950 e. The summed E-state index contributed by atoms with van der Waals surface area (Å²) in [5.74, 6) is 0. The van der Waals surface area contributed by atoms with Gasteiger partial charge in [0.15, 0.2) is 0 Å². The average Bonchev–Trinajstić information content (AvgIpc) is 3.01. The van der Waals surface area contributed by atoms with Gasteiger partial charge in [0.25, 0.3) is 0 Å². The van der Waals surface area contributed by atoms with Crippen molar-refractivity contribution in [2.45, 2.75) is 32.7 Å². The Morgan fingerprint density at radius 2 is 2.26 bits per heavy atom. The van der Waals surface area contributed by atoms with E-state index >= 15 is 0 Å². The Morgan fingerprint density at radius 1 is 1.47 bits per heavy atom. The molecule has 2 aromatic heterocycles. The first-order chi connectivity index (χ1) is 9.17. The highest BCUT2D eigenvalue weighted by Gasteiger charge is 2.19. The average molecular weight is 326 g/mol. The minimum atomic E-state index is 0.250. The highest BCUT2D eigenvalue weighted by atomic mass is 79.9. The van der Waals surface area contributed by atoms with Crippen LogP contribution in [0, 0.1) is 0 Å². The Balaban J connectivity index is 2.24. The Morgan fingerprint density at radius 3 is 2.79 bits per heavy atom. The van der Waals surface area contributed by atoms with Crippen LogP contribution in [-0.2, 0) is 19.9 Å². The lowest BCUT2D eigenvalue weighted by Crippen LogP contribution is -2.23. The van der Waals surface area contributed by atoms with Crippen molar-refractivity contribution in [3.8, 4) is 0 Å². The maximum atomic E-state index is 5.19. The van der Waals surface area contributed by atoms with Crippen LogP contribution in [0.3, 0.4) is 0 Å². The first-order valence-corrected chi connectivity index (χ1v) is 7.42. The molecule has 0 amide bonds. The van der Waals surface area contributed by atoms with E-state index in [0.717, 1.165) is 29.6 Å². The van der Waals surface area contributed by atoms with E-state index < -0.39 is 0 Å². The number of aryl methyl sites for hydroxylation is 2. The fourth-order valence-electron chi connectivity index (χ4n) is 2.26. The van der Waals surface area contributed by atoms with Gasteiger partial charge in [-0.3, -0.25) is 4.68 Å². The van der Waals surface area contributed by atoms with E-state index in [9.17, 15) is 0 Å². The molecule has 1 N–H and O–H groups in total. The van der Waals surface area contributed by atoms with Crippen molar-refractivity contribution in [1.29, 1.82) is 0 Å². The molecule has 0 saturated heterocycles. The SMILES string of the molecule is CCNC(Cc1c(Br)c(CC)nn1C)c1ccoc1. The van der Waals surface area contributed by atoms with Crippen molar-refractivity contribution in [3.63, 3.8) is 0 Å². The molecule has 104 valence electrons. The number of hydrogen-bond acceptors (Lipinski definition) is 3. The van der Waals surface area contributed by atoms with Crippen molar-refractivity contribution < 1.29 is 4.42 Å². The molecular formula is C14H20BrN3O. The molecule has 2 rings (SSSR count). The predicted molar refractivity (Wildman–Crippen MR) is 79.1 cm³/mol. The number of aromatic nitrogens is 2. The van der Waals surface area contributed by atoms with Crippen molar-refractivity contribution in [3.05, 3.63) is 40.0 Å². The molecule has 0 fully saturated rings. The summed E-state index contributed by atoms with van der Waals surface area (Å²) >= 11 is 3.67. The summed E-state index contributed by atoms with van der Waals surface area (Å²) in [6.45, 7) is 5.16. The normalized spacial score (nSPS) is 12.8. The summed E-state index contributed by atoms with van der Waals surface area (Å²) in [6, 6.07) is 2.26. The van der Waals surface area contributed by atoms with Gasteiger partial charge in [-0.1, -0.05) is 13.8 Å². The summed E-state index contributed by atoms with van der Waals surface area (Å²) in [7, 11) is 2.00. The van der Waals surface area contributed by atoms with Crippen LogP contribution in [0.25, 0.3) is 0 Å². The predicted octanol–water partition coefficient (Wildman–Crippen LogP) is 3.23. The molecule has 1 atom stereocenters. The molecule has 0 bridgehead atoms. The second kappa shape index (κ2) is 6.39. The summed E-state index contributed by atoms with van der Waals surface area (Å²) in [4.78, 5) is 0. The molecular weight excluding hydrogens is 306 g/mol. The van der Waals surface area contributed by atoms with Crippen LogP contribution in [0.15, 0.2) is 27.5 Å². The molecule has 0 saturated carbocycles. The zero-order chi connectivity index (χ0) is 13.8. The van der Waals surface area contributed by atoms with Crippen LogP contribution in [0.4, 0.5) is 0 Å². The Labute approximate surface area is 122 Å². The first-order valence-electron chi connectivity index (χ1n) is 6.63. The monoisotopic (exact) mass is 325 g/mol. The van der Waals surface area contributed by atoms with Gasteiger partial charge in [-0.15, -0.1) is 0 Å². The molecule has 19 heavy (non-hydrogen) atoms. The maximum Gasteiger partial charge on any atom is 0.0950 e. The second-order valence-corrected chi connectivity index (χ2v) is 5.35. The molecule has 0 aliphatic heterocycles. The van der Waals surface area contributed by atoms with Crippen molar-refractivity contribution in [2.75, 3.05) is 6.54 Å². The van der Waals surface area contributed by atoms with E-state index in [2.05, 4.69) is 40.2 Å². The van der Waals surface area contributed by atoms with E-state index in [-0.39, 0.29) is 6.04 Å². The topological polar surface area (TPSA) is 43.0 Å². The third kappa shape index (κ3) is 3.09. The third-order valence-electron chi connectivity index (χ3n) is 3.30. The van der Waals surface area contributed by atoms with Crippen LogP contribution in [0.1, 0.15) is 36.8 Å². The summed E-state index contributed by atoms with van der Waals surface area (Å²) in [5.41, 5.74) is 3.50. The number of halogens is 1. The highest BCUT2D eigenvalue weighted by molar-refractivity contribution is 9.10. The van der Waals surface area contributed by atoms with Crippen LogP contribution < -0.4 is 5.32 Å². The Bertz CT molecular complexity index is 519. The maximum absolute atomic E-state index is 5.19. The van der Waals surface area contributed by atoms with E-state index in [1.165, 1.54) is 11.3 Å². The quantitative estimate of drug-likeness (QED) is 0.886. The molecule has 4 nitrogen and oxygen atoms in total. The second-order valence-electron chi connectivity index (χ2n) is 4.56. The third-order valence-corrected chi connectivity index (χ3v) is 4.21. The lowest BCUT2D eigenvalue weighted by atomic mass is 10.0. The Kier molecular flexibility index (Phi) is 4.82. The summed E-state index contributed by atoms with van der Waals surface area (Å²) in [5, 5.41) is 8.04. The lowest BCUT2D eigenvalue weighted by molar-refractivity contribution is 0.511. The van der Waals surface area contributed by atoms with Crippen molar-refractivity contribution in [1.82, 2.24) is 15.1 Å². The minimum absolute atomic E-state index is 0.250. The van der Waals surface area contributed by atoms with Crippen LogP contribution in [0.5, 0.6) is 0 Å². The fourth-order valence-corrected chi connectivity index (χ4v) is 3.04. The van der Waals surface area contributed by atoms with E-state index in [4.69, 9.17) is 4.42 Å². The van der Waals surface area contributed by atoms with Gasteiger partial charge in [-0.2, -0.15) is 5.10 Å². The number of hydrogen-bond donors (Lipinski definition) is 1. The fraction of sp³-hybridized carbons (Fsp3) is 0.500. The number of nitrogens with zero attached hydrogens (tertiary/aromatic N) is 2. The van der Waals surface area contributed by atoms with E-state index in [1.54, 1.807) is 12.5 Å². The van der Waals surface area contributed by atoms with Gasteiger partial charge >= 0.3 is 0 Å². The van der Waals surface area contributed by atoms with Gasteiger partial charge in [0.1, 0.15) is 0 Å². The number of furan rings is 1.